The highest BCUT2D eigenvalue weighted by Gasteiger charge is 2.17. The molecule has 0 unspecified atom stereocenters. The molecule has 0 atom stereocenters. The Kier molecular flexibility index (Phi) is 5.07. The first-order valence-electron chi connectivity index (χ1n) is 10.4. The Bertz CT molecular complexity index is 1440. The normalized spacial score (nSPS) is 11.1. The monoisotopic (exact) mass is 422 g/mol. The van der Waals surface area contributed by atoms with Crippen molar-refractivity contribution in [3.8, 4) is 11.1 Å². The number of esters is 1. The predicted molar refractivity (Wildman–Crippen MR) is 127 cm³/mol. The van der Waals surface area contributed by atoms with Gasteiger partial charge in [-0.2, -0.15) is 0 Å². The summed E-state index contributed by atoms with van der Waals surface area (Å²) in [4.78, 5) is 16.7. The summed E-state index contributed by atoms with van der Waals surface area (Å²) < 4.78 is 11.3. The molecule has 0 saturated heterocycles. The number of para-hydroxylation sites is 1. The number of methoxy groups -OCH3 is 1. The third kappa shape index (κ3) is 3.48. The van der Waals surface area contributed by atoms with Gasteiger partial charge < -0.3 is 14.5 Å². The van der Waals surface area contributed by atoms with Crippen LogP contribution >= 0.6 is 0 Å². The molecule has 0 bridgehead atoms. The van der Waals surface area contributed by atoms with E-state index in [1.165, 1.54) is 7.11 Å². The number of anilines is 1. The number of rotatable bonds is 5. The van der Waals surface area contributed by atoms with Gasteiger partial charge in [0.1, 0.15) is 11.1 Å². The Balaban J connectivity index is 1.60. The van der Waals surface area contributed by atoms with Crippen LogP contribution in [-0.2, 0) is 11.3 Å². The zero-order valence-corrected chi connectivity index (χ0v) is 17.9. The minimum Gasteiger partial charge on any atom is -0.465 e. The molecule has 5 aromatic rings. The minimum absolute atomic E-state index is 0.372. The number of furan rings is 1. The Hall–Kier alpha value is -4.12. The Morgan fingerprint density at radius 2 is 1.78 bits per heavy atom. The van der Waals surface area contributed by atoms with Crippen LogP contribution in [0.1, 0.15) is 21.5 Å². The lowest BCUT2D eigenvalue weighted by Crippen LogP contribution is -2.08. The van der Waals surface area contributed by atoms with Crippen LogP contribution in [0.15, 0.2) is 83.4 Å². The SMILES string of the molecule is COC(=O)c1ccccc1NCc1cc(C)cc2c1oc1c(-c3ccccc3)ccnc12. The number of benzene rings is 3. The maximum atomic E-state index is 12.1. The summed E-state index contributed by atoms with van der Waals surface area (Å²) in [6, 6.07) is 23.7. The summed E-state index contributed by atoms with van der Waals surface area (Å²) in [7, 11) is 1.38. The van der Waals surface area contributed by atoms with Gasteiger partial charge in [0.15, 0.2) is 5.58 Å². The van der Waals surface area contributed by atoms with Crippen LogP contribution in [0.5, 0.6) is 0 Å². The van der Waals surface area contributed by atoms with Crippen molar-refractivity contribution in [3.63, 3.8) is 0 Å². The van der Waals surface area contributed by atoms with Crippen molar-refractivity contribution in [1.29, 1.82) is 0 Å². The standard InChI is InChI=1S/C27H22N2O3/c1-17-14-19(16-29-23-11-7-6-10-21(23)27(30)31-2)25-22(15-17)24-26(32-25)20(12-13-28-24)18-8-4-3-5-9-18/h3-15,29H,16H2,1-2H3. The number of aromatic nitrogens is 1. The second kappa shape index (κ2) is 8.19. The fourth-order valence-electron chi connectivity index (χ4n) is 4.08. The third-order valence-corrected chi connectivity index (χ3v) is 5.56. The molecule has 2 heterocycles. The van der Waals surface area contributed by atoms with Gasteiger partial charge in [-0.25, -0.2) is 4.79 Å². The van der Waals surface area contributed by atoms with Crippen molar-refractivity contribution in [2.45, 2.75) is 13.5 Å². The smallest absolute Gasteiger partial charge is 0.339 e. The Morgan fingerprint density at radius 3 is 2.59 bits per heavy atom. The molecule has 0 aliphatic rings. The average molecular weight is 422 g/mol. The summed E-state index contributed by atoms with van der Waals surface area (Å²) in [6.45, 7) is 2.55. The molecule has 0 amide bonds. The van der Waals surface area contributed by atoms with E-state index in [9.17, 15) is 4.79 Å². The predicted octanol–water partition coefficient (Wildman–Crippen LogP) is 6.36. The maximum absolute atomic E-state index is 12.1. The summed E-state index contributed by atoms with van der Waals surface area (Å²) in [5.74, 6) is -0.372. The van der Waals surface area contributed by atoms with Crippen LogP contribution in [0, 0.1) is 6.92 Å². The summed E-state index contributed by atoms with van der Waals surface area (Å²) in [5, 5.41) is 4.36. The van der Waals surface area contributed by atoms with Gasteiger partial charge in [0.2, 0.25) is 0 Å². The molecule has 0 radical (unpaired) electrons. The molecular weight excluding hydrogens is 400 g/mol. The molecule has 0 spiro atoms. The molecule has 158 valence electrons. The van der Waals surface area contributed by atoms with E-state index >= 15 is 0 Å². The van der Waals surface area contributed by atoms with Gasteiger partial charge in [0.25, 0.3) is 0 Å². The molecule has 5 heteroatoms. The average Bonchev–Trinajstić information content (AvgIpc) is 3.21. The molecule has 0 saturated carbocycles. The quantitative estimate of drug-likeness (QED) is 0.334. The van der Waals surface area contributed by atoms with Gasteiger partial charge in [-0.15, -0.1) is 0 Å². The zero-order chi connectivity index (χ0) is 22.1. The number of carbonyl (C=O) groups excluding carboxylic acids is 1. The first-order chi connectivity index (χ1) is 15.7. The molecule has 0 aliphatic heterocycles. The first-order valence-corrected chi connectivity index (χ1v) is 10.4. The van der Waals surface area contributed by atoms with Gasteiger partial charge in [-0.05, 0) is 42.3 Å². The number of nitrogens with one attached hydrogen (secondary N) is 1. The Labute approximate surface area is 185 Å². The highest BCUT2D eigenvalue weighted by Crippen LogP contribution is 2.36. The molecule has 2 aromatic heterocycles. The van der Waals surface area contributed by atoms with Gasteiger partial charge in [0.05, 0.1) is 12.7 Å². The van der Waals surface area contributed by atoms with Crippen LogP contribution in [0.2, 0.25) is 0 Å². The number of nitrogens with zero attached hydrogens (tertiary/aromatic N) is 1. The topological polar surface area (TPSA) is 64.4 Å². The van der Waals surface area contributed by atoms with Crippen molar-refractivity contribution in [2.24, 2.45) is 0 Å². The van der Waals surface area contributed by atoms with E-state index in [2.05, 4.69) is 41.5 Å². The highest BCUT2D eigenvalue weighted by atomic mass is 16.5. The summed E-state index contributed by atoms with van der Waals surface area (Å²) >= 11 is 0. The lowest BCUT2D eigenvalue weighted by molar-refractivity contribution is 0.0602. The first kappa shape index (κ1) is 19.8. The largest absolute Gasteiger partial charge is 0.465 e. The summed E-state index contributed by atoms with van der Waals surface area (Å²) in [5.41, 5.74) is 7.84. The molecular formula is C27H22N2O3. The number of carbonyl (C=O) groups is 1. The molecule has 3 aromatic carbocycles. The summed E-state index contributed by atoms with van der Waals surface area (Å²) in [6.07, 6.45) is 1.83. The van der Waals surface area contributed by atoms with E-state index in [1.807, 2.05) is 48.7 Å². The molecule has 1 N–H and O–H groups in total. The van der Waals surface area contributed by atoms with E-state index in [1.54, 1.807) is 6.07 Å². The van der Waals surface area contributed by atoms with Gasteiger partial charge in [-0.1, -0.05) is 48.5 Å². The van der Waals surface area contributed by atoms with Crippen molar-refractivity contribution in [3.05, 3.63) is 95.7 Å². The van der Waals surface area contributed by atoms with Gasteiger partial charge in [0, 0.05) is 34.9 Å². The molecule has 32 heavy (non-hydrogen) atoms. The van der Waals surface area contributed by atoms with Crippen molar-refractivity contribution in [2.75, 3.05) is 12.4 Å². The van der Waals surface area contributed by atoms with Crippen LogP contribution in [0.25, 0.3) is 33.2 Å². The molecule has 0 aliphatic carbocycles. The van der Waals surface area contributed by atoms with E-state index < -0.39 is 0 Å². The fourth-order valence-corrected chi connectivity index (χ4v) is 4.08. The van der Waals surface area contributed by atoms with Crippen LogP contribution < -0.4 is 5.32 Å². The number of ether oxygens (including phenoxy) is 1. The van der Waals surface area contributed by atoms with Crippen molar-refractivity contribution >= 4 is 33.7 Å². The van der Waals surface area contributed by atoms with Crippen molar-refractivity contribution in [1.82, 2.24) is 4.98 Å². The number of aryl methyl sites for hydroxylation is 1. The number of pyridine rings is 1. The number of fused-ring (bicyclic) bond motifs is 3. The van der Waals surface area contributed by atoms with E-state index in [4.69, 9.17) is 9.15 Å². The van der Waals surface area contributed by atoms with Gasteiger partial charge in [-0.3, -0.25) is 4.98 Å². The van der Waals surface area contributed by atoms with Crippen molar-refractivity contribution < 1.29 is 13.9 Å². The lowest BCUT2D eigenvalue weighted by atomic mass is 10.0. The molecule has 5 nitrogen and oxygen atoms in total. The third-order valence-electron chi connectivity index (χ3n) is 5.56. The minimum atomic E-state index is -0.372. The van der Waals surface area contributed by atoms with Crippen LogP contribution in [0.3, 0.4) is 0 Å². The maximum Gasteiger partial charge on any atom is 0.339 e. The van der Waals surface area contributed by atoms with E-state index in [-0.39, 0.29) is 5.97 Å². The number of hydrogen-bond donors (Lipinski definition) is 1. The highest BCUT2D eigenvalue weighted by molar-refractivity contribution is 6.08. The van der Waals surface area contributed by atoms with Gasteiger partial charge >= 0.3 is 5.97 Å². The fraction of sp³-hybridized carbons (Fsp3) is 0.111. The van der Waals surface area contributed by atoms with E-state index in [0.29, 0.717) is 17.8 Å². The van der Waals surface area contributed by atoms with E-state index in [0.717, 1.165) is 44.3 Å². The number of hydrogen-bond acceptors (Lipinski definition) is 5. The van der Waals surface area contributed by atoms with Crippen LogP contribution in [-0.4, -0.2) is 18.1 Å². The van der Waals surface area contributed by atoms with Crippen LogP contribution in [0.4, 0.5) is 5.69 Å². The lowest BCUT2D eigenvalue weighted by Gasteiger charge is -2.11. The molecule has 5 rings (SSSR count). The molecule has 0 fully saturated rings. The Morgan fingerprint density at radius 1 is 1.00 bits per heavy atom. The zero-order valence-electron chi connectivity index (χ0n) is 17.9. The second-order valence-corrected chi connectivity index (χ2v) is 7.70. The second-order valence-electron chi connectivity index (χ2n) is 7.70.